The first-order valence-electron chi connectivity index (χ1n) is 23.3. The molecule has 11 aromatic carbocycles. The van der Waals surface area contributed by atoms with Crippen LogP contribution in [0.4, 0.5) is 17.1 Å². The highest BCUT2D eigenvalue weighted by Crippen LogP contribution is 2.42. The molecule has 12 rings (SSSR count). The minimum Gasteiger partial charge on any atom is -0.310 e. The van der Waals surface area contributed by atoms with Crippen molar-refractivity contribution in [2.24, 2.45) is 0 Å². The van der Waals surface area contributed by atoms with Crippen LogP contribution in [-0.2, 0) is 0 Å². The Morgan fingerprint density at radius 1 is 0.221 bits per heavy atom. The highest BCUT2D eigenvalue weighted by Gasteiger charge is 2.18. The topological polar surface area (TPSA) is 8.17 Å². The van der Waals surface area contributed by atoms with Gasteiger partial charge in [-0.2, -0.15) is 0 Å². The number of benzene rings is 11. The molecule has 1 aromatic heterocycles. The number of hydrogen-bond donors (Lipinski definition) is 0. The molecule has 12 aromatic rings. The van der Waals surface area contributed by atoms with Gasteiger partial charge >= 0.3 is 0 Å². The number of hydrogen-bond acceptors (Lipinski definition) is 1. The average molecular weight is 867 g/mol. The Kier molecular flexibility index (Phi) is 10.6. The largest absolute Gasteiger partial charge is 0.310 e. The van der Waals surface area contributed by atoms with E-state index in [1.807, 2.05) is 0 Å². The van der Waals surface area contributed by atoms with Crippen molar-refractivity contribution in [1.82, 2.24) is 4.57 Å². The lowest BCUT2D eigenvalue weighted by molar-refractivity contribution is 1.18. The molecule has 320 valence electrons. The van der Waals surface area contributed by atoms with Gasteiger partial charge in [-0.05, 0) is 140 Å². The Hall–Kier alpha value is -8.98. The van der Waals surface area contributed by atoms with Crippen molar-refractivity contribution in [3.8, 4) is 72.4 Å². The van der Waals surface area contributed by atoms with Crippen LogP contribution in [0.25, 0.3) is 94.3 Å². The van der Waals surface area contributed by atoms with Crippen LogP contribution in [0.2, 0.25) is 0 Å². The molecule has 0 saturated carbocycles. The van der Waals surface area contributed by atoms with Gasteiger partial charge in [-0.3, -0.25) is 0 Å². The molecular weight excluding hydrogens is 821 g/mol. The van der Waals surface area contributed by atoms with Crippen LogP contribution < -0.4 is 4.90 Å². The molecule has 0 aliphatic carbocycles. The van der Waals surface area contributed by atoms with Gasteiger partial charge < -0.3 is 9.47 Å². The summed E-state index contributed by atoms with van der Waals surface area (Å²) in [7, 11) is 0. The van der Waals surface area contributed by atoms with Crippen LogP contribution in [0.15, 0.2) is 279 Å². The van der Waals surface area contributed by atoms with Crippen LogP contribution in [-0.4, -0.2) is 4.57 Å². The summed E-state index contributed by atoms with van der Waals surface area (Å²) in [5.74, 6) is 0. The maximum Gasteiger partial charge on any atom is 0.0541 e. The van der Waals surface area contributed by atoms with Crippen LogP contribution in [0.5, 0.6) is 0 Å². The van der Waals surface area contributed by atoms with Crippen LogP contribution in [0.1, 0.15) is 0 Å². The van der Waals surface area contributed by atoms with Crippen molar-refractivity contribution in [2.75, 3.05) is 4.90 Å². The third kappa shape index (κ3) is 7.74. The lowest BCUT2D eigenvalue weighted by Gasteiger charge is -2.26. The van der Waals surface area contributed by atoms with E-state index >= 15 is 0 Å². The molecule has 2 heteroatoms. The minimum atomic E-state index is 1.08. The number of anilines is 3. The molecule has 0 fully saturated rings. The monoisotopic (exact) mass is 866 g/mol. The first-order valence-corrected chi connectivity index (χ1v) is 23.3. The summed E-state index contributed by atoms with van der Waals surface area (Å²) < 4.78 is 2.43. The lowest BCUT2D eigenvalue weighted by atomic mass is 9.94. The molecule has 0 bridgehead atoms. The van der Waals surface area contributed by atoms with Crippen LogP contribution in [0, 0.1) is 0 Å². The third-order valence-electron chi connectivity index (χ3n) is 13.2. The second-order valence-electron chi connectivity index (χ2n) is 17.3. The molecule has 0 amide bonds. The van der Waals surface area contributed by atoms with Crippen molar-refractivity contribution in [3.63, 3.8) is 0 Å². The van der Waals surface area contributed by atoms with E-state index in [1.165, 1.54) is 77.4 Å². The fraction of sp³-hybridized carbons (Fsp3) is 0. The minimum absolute atomic E-state index is 1.08. The summed E-state index contributed by atoms with van der Waals surface area (Å²) in [6.07, 6.45) is 0. The lowest BCUT2D eigenvalue weighted by Crippen LogP contribution is -2.10. The van der Waals surface area contributed by atoms with Gasteiger partial charge in [-0.1, -0.05) is 206 Å². The first kappa shape index (κ1) is 40.5. The normalized spacial score (nSPS) is 11.2. The Balaban J connectivity index is 0.955. The summed E-state index contributed by atoms with van der Waals surface area (Å²) in [5, 5.41) is 2.46. The maximum absolute atomic E-state index is 2.43. The number of nitrogens with zero attached hydrogens (tertiary/aromatic N) is 2. The van der Waals surface area contributed by atoms with Crippen molar-refractivity contribution < 1.29 is 0 Å². The van der Waals surface area contributed by atoms with Crippen molar-refractivity contribution >= 4 is 38.9 Å². The summed E-state index contributed by atoms with van der Waals surface area (Å²) in [6, 6.07) is 101. The second-order valence-corrected chi connectivity index (χ2v) is 17.3. The predicted molar refractivity (Wildman–Crippen MR) is 288 cm³/mol. The SMILES string of the molecule is c1ccc(-c2ccc(N(c3ccc(-c4ccccc4-c4ccccc4)cc3)c3cccc(-c4cccc(-n5c6ccc(-c7ccccc7)cc6c6cc(-c7ccccc7)ccc65)c4)c3)cc2)cc1. The van der Waals surface area contributed by atoms with Crippen molar-refractivity contribution in [3.05, 3.63) is 279 Å². The zero-order chi connectivity index (χ0) is 45.2. The van der Waals surface area contributed by atoms with Gasteiger partial charge in [0.1, 0.15) is 0 Å². The molecule has 0 aliphatic heterocycles. The molecule has 2 nitrogen and oxygen atoms in total. The zero-order valence-corrected chi connectivity index (χ0v) is 37.5. The third-order valence-corrected chi connectivity index (χ3v) is 13.2. The molecule has 1 heterocycles. The fourth-order valence-electron chi connectivity index (χ4n) is 9.85. The molecule has 0 N–H and O–H groups in total. The molecule has 0 unspecified atom stereocenters. The van der Waals surface area contributed by atoms with E-state index in [9.17, 15) is 0 Å². The molecule has 0 atom stereocenters. The van der Waals surface area contributed by atoms with E-state index in [1.54, 1.807) is 0 Å². The molecule has 0 aliphatic rings. The Labute approximate surface area is 397 Å². The van der Waals surface area contributed by atoms with E-state index in [2.05, 4.69) is 289 Å². The van der Waals surface area contributed by atoms with Crippen LogP contribution >= 0.6 is 0 Å². The Morgan fingerprint density at radius 3 is 1.09 bits per heavy atom. The molecule has 68 heavy (non-hydrogen) atoms. The van der Waals surface area contributed by atoms with Crippen molar-refractivity contribution in [2.45, 2.75) is 0 Å². The average Bonchev–Trinajstić information content (AvgIpc) is 3.75. The number of fused-ring (bicyclic) bond motifs is 3. The smallest absolute Gasteiger partial charge is 0.0541 e. The summed E-state index contributed by atoms with van der Waals surface area (Å²) in [5.41, 5.74) is 21.0. The van der Waals surface area contributed by atoms with E-state index in [0.717, 1.165) is 33.9 Å². The highest BCUT2D eigenvalue weighted by atomic mass is 15.1. The van der Waals surface area contributed by atoms with E-state index < -0.39 is 0 Å². The second kappa shape index (κ2) is 17.8. The van der Waals surface area contributed by atoms with Gasteiger partial charge in [0.25, 0.3) is 0 Å². The summed E-state index contributed by atoms with van der Waals surface area (Å²) in [6.45, 7) is 0. The number of aromatic nitrogens is 1. The van der Waals surface area contributed by atoms with E-state index in [-0.39, 0.29) is 0 Å². The highest BCUT2D eigenvalue weighted by molar-refractivity contribution is 6.11. The van der Waals surface area contributed by atoms with Gasteiger partial charge in [-0.15, -0.1) is 0 Å². The Morgan fingerprint density at radius 2 is 0.574 bits per heavy atom. The zero-order valence-electron chi connectivity index (χ0n) is 37.5. The number of rotatable bonds is 10. The van der Waals surface area contributed by atoms with Gasteiger partial charge in [0.15, 0.2) is 0 Å². The predicted octanol–water partition coefficient (Wildman–Crippen LogP) is 18.3. The van der Waals surface area contributed by atoms with Crippen molar-refractivity contribution in [1.29, 1.82) is 0 Å². The maximum atomic E-state index is 2.43. The van der Waals surface area contributed by atoms with E-state index in [0.29, 0.717) is 0 Å². The fourth-order valence-corrected chi connectivity index (χ4v) is 9.85. The first-order chi connectivity index (χ1) is 33.7. The summed E-state index contributed by atoms with van der Waals surface area (Å²) in [4.78, 5) is 2.37. The quantitative estimate of drug-likeness (QED) is 0.133. The molecular formula is C66H46N2. The van der Waals surface area contributed by atoms with Gasteiger partial charge in [-0.25, -0.2) is 0 Å². The standard InChI is InChI=1S/C66H46N2/c1-5-17-47(18-6-1)50-31-37-57(38-32-50)67(58-39-33-52(34-40-58)62-30-14-13-29-61(62)51-23-11-4-12-24-51)59-27-15-25-53(43-59)54-26-16-28-60(44-54)68-65-41-35-55(48-19-7-2-8-20-48)45-63(65)64-46-56(36-42-66(64)68)49-21-9-3-10-22-49/h1-46H. The van der Waals surface area contributed by atoms with Crippen LogP contribution in [0.3, 0.4) is 0 Å². The van der Waals surface area contributed by atoms with Gasteiger partial charge in [0.2, 0.25) is 0 Å². The molecule has 0 spiro atoms. The van der Waals surface area contributed by atoms with E-state index in [4.69, 9.17) is 0 Å². The van der Waals surface area contributed by atoms with Gasteiger partial charge in [0.05, 0.1) is 11.0 Å². The molecule has 0 saturated heterocycles. The van der Waals surface area contributed by atoms with Gasteiger partial charge in [0, 0.05) is 33.5 Å². The Bertz CT molecular complexity index is 3590. The molecule has 0 radical (unpaired) electrons. The summed E-state index contributed by atoms with van der Waals surface area (Å²) >= 11 is 0.